The van der Waals surface area contributed by atoms with Crippen LogP contribution in [0.3, 0.4) is 0 Å². The molecule has 2 amide bonds. The molecular weight excluding hydrogens is 336 g/mol. The molecule has 0 aliphatic carbocycles. The Hall–Kier alpha value is -2.38. The van der Waals surface area contributed by atoms with E-state index >= 15 is 0 Å². The molecule has 1 spiro atoms. The Morgan fingerprint density at radius 3 is 2.73 bits per heavy atom. The van der Waals surface area contributed by atoms with Crippen LogP contribution in [0.15, 0.2) is 23.3 Å². The van der Waals surface area contributed by atoms with E-state index in [0.717, 1.165) is 12.8 Å². The average molecular weight is 362 g/mol. The van der Waals surface area contributed by atoms with E-state index in [4.69, 9.17) is 4.74 Å². The summed E-state index contributed by atoms with van der Waals surface area (Å²) < 4.78 is 7.02. The van der Waals surface area contributed by atoms with Crippen molar-refractivity contribution < 1.29 is 14.3 Å². The van der Waals surface area contributed by atoms with E-state index < -0.39 is 11.3 Å². The third-order valence-electron chi connectivity index (χ3n) is 5.35. The molecule has 8 heteroatoms. The molecule has 1 aromatic heterocycles. The van der Waals surface area contributed by atoms with Crippen LogP contribution < -0.4 is 5.69 Å². The van der Waals surface area contributed by atoms with Gasteiger partial charge in [-0.2, -0.15) is 0 Å². The molecule has 0 N–H and O–H groups in total. The quantitative estimate of drug-likeness (QED) is 0.787. The summed E-state index contributed by atoms with van der Waals surface area (Å²) in [6.07, 6.45) is 5.96. The van der Waals surface area contributed by atoms with Crippen molar-refractivity contribution in [2.75, 3.05) is 19.6 Å². The van der Waals surface area contributed by atoms with E-state index in [0.29, 0.717) is 32.5 Å². The fourth-order valence-corrected chi connectivity index (χ4v) is 3.74. The zero-order chi connectivity index (χ0) is 18.7. The summed E-state index contributed by atoms with van der Waals surface area (Å²) in [6.45, 7) is 5.78. The minimum absolute atomic E-state index is 0.0148. The van der Waals surface area contributed by atoms with Crippen LogP contribution in [0.4, 0.5) is 4.79 Å². The van der Waals surface area contributed by atoms with Gasteiger partial charge in [-0.3, -0.25) is 9.36 Å². The van der Waals surface area contributed by atoms with Crippen LogP contribution in [0.25, 0.3) is 0 Å². The van der Waals surface area contributed by atoms with Crippen LogP contribution in [0.2, 0.25) is 0 Å². The number of carbonyl (C=O) groups is 2. The lowest BCUT2D eigenvalue weighted by Crippen LogP contribution is -2.50. The number of ether oxygens (including phenoxy) is 1. The van der Waals surface area contributed by atoms with Gasteiger partial charge in [0.05, 0.1) is 6.54 Å². The van der Waals surface area contributed by atoms with E-state index in [-0.39, 0.29) is 24.6 Å². The van der Waals surface area contributed by atoms with Gasteiger partial charge in [0.15, 0.2) is 0 Å². The highest BCUT2D eigenvalue weighted by Crippen LogP contribution is 2.34. The number of amides is 2. The van der Waals surface area contributed by atoms with Crippen molar-refractivity contribution in [1.82, 2.24) is 19.4 Å². The van der Waals surface area contributed by atoms with Gasteiger partial charge in [0.1, 0.15) is 12.1 Å². The van der Waals surface area contributed by atoms with Gasteiger partial charge >= 0.3 is 11.8 Å². The average Bonchev–Trinajstić information content (AvgIpc) is 2.94. The maximum Gasteiger partial charge on any atom is 0.410 e. The van der Waals surface area contributed by atoms with Crippen molar-refractivity contribution in [3.63, 3.8) is 0 Å². The van der Waals surface area contributed by atoms with Gasteiger partial charge in [-0.05, 0) is 19.4 Å². The second-order valence-electron chi connectivity index (χ2n) is 7.23. The lowest BCUT2D eigenvalue weighted by Gasteiger charge is -2.37. The highest BCUT2D eigenvalue weighted by molar-refractivity contribution is 5.76. The third kappa shape index (κ3) is 3.73. The van der Waals surface area contributed by atoms with Crippen LogP contribution in [-0.2, 0) is 16.1 Å². The minimum Gasteiger partial charge on any atom is -0.441 e. The SMILES string of the molecule is CCCC(C)N1CC2(CCN(C(=O)Cn3cccnc3=O)CC2)OC1=O. The molecule has 1 atom stereocenters. The number of piperidine rings is 1. The monoisotopic (exact) mass is 362 g/mol. The molecule has 0 radical (unpaired) electrons. The molecule has 1 aromatic rings. The Kier molecular flexibility index (Phi) is 5.29. The van der Waals surface area contributed by atoms with Crippen LogP contribution in [0.5, 0.6) is 0 Å². The molecule has 3 rings (SSSR count). The van der Waals surface area contributed by atoms with Crippen molar-refractivity contribution in [1.29, 1.82) is 0 Å². The highest BCUT2D eigenvalue weighted by atomic mass is 16.6. The fourth-order valence-electron chi connectivity index (χ4n) is 3.74. The van der Waals surface area contributed by atoms with Gasteiger partial charge < -0.3 is 14.5 Å². The third-order valence-corrected chi connectivity index (χ3v) is 5.35. The minimum atomic E-state index is -0.485. The molecule has 2 saturated heterocycles. The Balaban J connectivity index is 1.57. The van der Waals surface area contributed by atoms with Crippen molar-refractivity contribution in [2.24, 2.45) is 0 Å². The summed E-state index contributed by atoms with van der Waals surface area (Å²) in [5.74, 6) is -0.115. The standard InChI is InChI=1S/C18H26N4O4/c1-3-5-14(2)22-13-18(26-17(22)25)6-10-20(11-7-18)15(23)12-21-9-4-8-19-16(21)24/h4,8-9,14H,3,5-7,10-13H2,1-2H3. The van der Waals surface area contributed by atoms with E-state index in [2.05, 4.69) is 11.9 Å². The molecule has 0 aromatic carbocycles. The first-order chi connectivity index (χ1) is 12.4. The molecule has 0 bridgehead atoms. The van der Waals surface area contributed by atoms with Gasteiger partial charge in [0.2, 0.25) is 5.91 Å². The molecule has 1 unspecified atom stereocenters. The highest BCUT2D eigenvalue weighted by Gasteiger charge is 2.48. The first kappa shape index (κ1) is 18.4. The topological polar surface area (TPSA) is 84.7 Å². The smallest absolute Gasteiger partial charge is 0.410 e. The first-order valence-corrected chi connectivity index (χ1v) is 9.23. The summed E-state index contributed by atoms with van der Waals surface area (Å²) in [5, 5.41) is 0. The normalized spacial score (nSPS) is 20.3. The summed E-state index contributed by atoms with van der Waals surface area (Å²) in [6, 6.07) is 1.80. The molecule has 8 nitrogen and oxygen atoms in total. The molecule has 142 valence electrons. The number of likely N-dealkylation sites (tertiary alicyclic amines) is 1. The van der Waals surface area contributed by atoms with E-state index in [9.17, 15) is 14.4 Å². The summed E-state index contributed by atoms with van der Waals surface area (Å²) in [5.41, 5.74) is -0.916. The summed E-state index contributed by atoms with van der Waals surface area (Å²) in [7, 11) is 0. The predicted octanol–water partition coefficient (Wildman–Crippen LogP) is 1.25. The number of hydrogen-bond acceptors (Lipinski definition) is 5. The first-order valence-electron chi connectivity index (χ1n) is 9.23. The Morgan fingerprint density at radius 1 is 1.35 bits per heavy atom. The van der Waals surface area contributed by atoms with Gasteiger partial charge in [-0.1, -0.05) is 13.3 Å². The predicted molar refractivity (Wildman–Crippen MR) is 94.6 cm³/mol. The molecule has 0 saturated carbocycles. The van der Waals surface area contributed by atoms with Gasteiger partial charge in [0.25, 0.3) is 0 Å². The van der Waals surface area contributed by atoms with E-state index in [1.54, 1.807) is 17.2 Å². The zero-order valence-corrected chi connectivity index (χ0v) is 15.4. The van der Waals surface area contributed by atoms with Gasteiger partial charge in [-0.25, -0.2) is 14.6 Å². The van der Waals surface area contributed by atoms with E-state index in [1.165, 1.54) is 10.8 Å². The number of carbonyl (C=O) groups excluding carboxylic acids is 2. The van der Waals surface area contributed by atoms with Gasteiger partial charge in [0, 0.05) is 44.4 Å². The molecule has 26 heavy (non-hydrogen) atoms. The molecule has 2 aliphatic rings. The molecular formula is C18H26N4O4. The van der Waals surface area contributed by atoms with Crippen molar-refractivity contribution in [2.45, 2.75) is 57.7 Å². The lowest BCUT2D eigenvalue weighted by molar-refractivity contribution is -0.135. The fraction of sp³-hybridized carbons (Fsp3) is 0.667. The Labute approximate surface area is 152 Å². The second-order valence-corrected chi connectivity index (χ2v) is 7.23. The van der Waals surface area contributed by atoms with Crippen molar-refractivity contribution >= 4 is 12.0 Å². The Bertz CT molecular complexity index is 724. The maximum atomic E-state index is 12.5. The van der Waals surface area contributed by atoms with Crippen LogP contribution in [0.1, 0.15) is 39.5 Å². The maximum absolute atomic E-state index is 12.5. The van der Waals surface area contributed by atoms with Gasteiger partial charge in [-0.15, -0.1) is 0 Å². The molecule has 3 heterocycles. The summed E-state index contributed by atoms with van der Waals surface area (Å²) >= 11 is 0. The number of rotatable bonds is 5. The van der Waals surface area contributed by atoms with Crippen LogP contribution >= 0.6 is 0 Å². The van der Waals surface area contributed by atoms with Crippen LogP contribution in [0, 0.1) is 0 Å². The Morgan fingerprint density at radius 2 is 2.08 bits per heavy atom. The molecule has 2 fully saturated rings. The van der Waals surface area contributed by atoms with E-state index in [1.807, 2.05) is 11.8 Å². The number of aromatic nitrogens is 2. The molecule has 2 aliphatic heterocycles. The van der Waals surface area contributed by atoms with Crippen LogP contribution in [-0.4, -0.2) is 62.6 Å². The second kappa shape index (κ2) is 7.47. The lowest BCUT2D eigenvalue weighted by atomic mass is 9.91. The van der Waals surface area contributed by atoms with Crippen molar-refractivity contribution in [3.05, 3.63) is 28.9 Å². The zero-order valence-electron chi connectivity index (χ0n) is 15.4. The van der Waals surface area contributed by atoms with Crippen molar-refractivity contribution in [3.8, 4) is 0 Å². The number of nitrogens with zero attached hydrogens (tertiary/aromatic N) is 4. The largest absolute Gasteiger partial charge is 0.441 e. The summed E-state index contributed by atoms with van der Waals surface area (Å²) in [4.78, 5) is 43.6. The number of hydrogen-bond donors (Lipinski definition) is 0.